The maximum Gasteiger partial charge on any atom is 0.185 e. The molecule has 2 nitrogen and oxygen atoms in total. The van der Waals surface area contributed by atoms with E-state index >= 15 is 0 Å². The first-order valence-electron chi connectivity index (χ1n) is 16.9. The minimum absolute atomic E-state index is 0.0338. The minimum atomic E-state index is 0.0338. The summed E-state index contributed by atoms with van der Waals surface area (Å²) in [6.07, 6.45) is 29.7. The summed E-state index contributed by atoms with van der Waals surface area (Å²) in [5.74, 6) is 2.04. The van der Waals surface area contributed by atoms with Gasteiger partial charge < -0.3 is 4.74 Å². The molecule has 2 rings (SSSR count). The third-order valence-electron chi connectivity index (χ3n) is 7.69. The fourth-order valence-corrected chi connectivity index (χ4v) is 5.84. The first kappa shape index (κ1) is 35.2. The quantitative estimate of drug-likeness (QED) is 0.0480. The smallest absolute Gasteiger partial charge is 0.185 e. The second-order valence-corrected chi connectivity index (χ2v) is 12.7. The number of ketones is 1. The molecule has 0 saturated carbocycles. The Labute approximate surface area is 257 Å². The van der Waals surface area contributed by atoms with Gasteiger partial charge in [-0.1, -0.05) is 141 Å². The van der Waals surface area contributed by atoms with E-state index in [1.807, 2.05) is 66.4 Å². The van der Waals surface area contributed by atoms with E-state index in [2.05, 4.69) is 13.8 Å². The Hall–Kier alpha value is -2.00. The van der Waals surface area contributed by atoms with Crippen molar-refractivity contribution < 1.29 is 9.53 Å². The maximum absolute atomic E-state index is 12.5. The Bertz CT molecular complexity index is 916. The molecule has 0 heterocycles. The summed E-state index contributed by atoms with van der Waals surface area (Å²) in [5.41, 5.74) is 1.74. The van der Waals surface area contributed by atoms with Crippen molar-refractivity contribution in [3.8, 4) is 5.75 Å². The highest BCUT2D eigenvalue weighted by atomic mass is 32.2. The van der Waals surface area contributed by atoms with Crippen LogP contribution in [0.15, 0.2) is 59.5 Å². The van der Waals surface area contributed by atoms with E-state index in [9.17, 15) is 4.79 Å². The number of allylic oxidation sites excluding steroid dienone is 1. The first-order chi connectivity index (χ1) is 20.2. The van der Waals surface area contributed by atoms with E-state index in [0.29, 0.717) is 0 Å². The summed E-state index contributed by atoms with van der Waals surface area (Å²) in [6, 6.07) is 15.9. The summed E-state index contributed by atoms with van der Waals surface area (Å²) < 4.78 is 5.93. The molecule has 228 valence electrons. The van der Waals surface area contributed by atoms with Crippen LogP contribution in [0, 0.1) is 0 Å². The van der Waals surface area contributed by atoms with Gasteiger partial charge in [0.25, 0.3) is 0 Å². The molecule has 0 aliphatic heterocycles. The van der Waals surface area contributed by atoms with Gasteiger partial charge in [0.05, 0.1) is 6.61 Å². The highest BCUT2D eigenvalue weighted by Crippen LogP contribution is 2.20. The predicted octanol–water partition coefficient (Wildman–Crippen LogP) is 12.5. The molecule has 0 spiro atoms. The number of rotatable bonds is 26. The average molecular weight is 579 g/mol. The molecular weight excluding hydrogens is 520 g/mol. The summed E-state index contributed by atoms with van der Waals surface area (Å²) in [6.45, 7) is 5.25. The summed E-state index contributed by atoms with van der Waals surface area (Å²) in [7, 11) is 0. The monoisotopic (exact) mass is 578 g/mol. The van der Waals surface area contributed by atoms with Crippen molar-refractivity contribution in [3.63, 3.8) is 0 Å². The molecule has 0 saturated heterocycles. The molecular formula is C38H58O2S. The van der Waals surface area contributed by atoms with Crippen LogP contribution in [0.4, 0.5) is 0 Å². The van der Waals surface area contributed by atoms with Crippen LogP contribution < -0.4 is 4.74 Å². The van der Waals surface area contributed by atoms with Crippen molar-refractivity contribution in [2.24, 2.45) is 0 Å². The number of carbonyl (C=O) groups is 1. The van der Waals surface area contributed by atoms with Crippen molar-refractivity contribution in [3.05, 3.63) is 65.7 Å². The molecule has 0 N–H and O–H groups in total. The second-order valence-electron chi connectivity index (χ2n) is 11.5. The van der Waals surface area contributed by atoms with Gasteiger partial charge in [0, 0.05) is 10.5 Å². The van der Waals surface area contributed by atoms with Gasteiger partial charge in [0.2, 0.25) is 0 Å². The Morgan fingerprint density at radius 1 is 0.610 bits per heavy atom. The number of carbonyl (C=O) groups excluding carboxylic acids is 1. The Morgan fingerprint density at radius 3 is 1.59 bits per heavy atom. The van der Waals surface area contributed by atoms with E-state index in [1.54, 1.807) is 6.08 Å². The van der Waals surface area contributed by atoms with Crippen LogP contribution in [-0.2, 0) is 0 Å². The molecule has 0 fully saturated rings. The van der Waals surface area contributed by atoms with Crippen LogP contribution >= 0.6 is 11.8 Å². The Morgan fingerprint density at radius 2 is 1.10 bits per heavy atom. The van der Waals surface area contributed by atoms with Crippen molar-refractivity contribution in [2.75, 3.05) is 12.4 Å². The van der Waals surface area contributed by atoms with E-state index in [1.165, 1.54) is 114 Å². The highest BCUT2D eigenvalue weighted by Gasteiger charge is 2.03. The van der Waals surface area contributed by atoms with Gasteiger partial charge in [-0.3, -0.25) is 4.79 Å². The molecule has 41 heavy (non-hydrogen) atoms. The van der Waals surface area contributed by atoms with Crippen molar-refractivity contribution in [1.82, 2.24) is 0 Å². The van der Waals surface area contributed by atoms with Crippen LogP contribution in [0.5, 0.6) is 5.75 Å². The van der Waals surface area contributed by atoms with Crippen LogP contribution in [0.1, 0.15) is 152 Å². The molecule has 0 atom stereocenters. The van der Waals surface area contributed by atoms with E-state index in [0.717, 1.165) is 42.1 Å². The van der Waals surface area contributed by atoms with Crippen molar-refractivity contribution >= 4 is 23.6 Å². The second kappa shape index (κ2) is 24.6. The molecule has 0 aromatic heterocycles. The van der Waals surface area contributed by atoms with Gasteiger partial charge in [-0.05, 0) is 66.6 Å². The lowest BCUT2D eigenvalue weighted by Crippen LogP contribution is -1.97. The molecule has 2 aromatic rings. The molecule has 2 aromatic carbocycles. The van der Waals surface area contributed by atoms with Crippen LogP contribution in [0.2, 0.25) is 0 Å². The van der Waals surface area contributed by atoms with Gasteiger partial charge in [-0.2, -0.15) is 0 Å². The number of unbranched alkanes of at least 4 members (excludes halogenated alkanes) is 17. The topological polar surface area (TPSA) is 26.3 Å². The maximum atomic E-state index is 12.5. The Balaban J connectivity index is 1.42. The lowest BCUT2D eigenvalue weighted by Gasteiger charge is -2.07. The normalized spacial score (nSPS) is 11.4. The highest BCUT2D eigenvalue weighted by molar-refractivity contribution is 7.99. The zero-order valence-electron chi connectivity index (χ0n) is 26.3. The zero-order valence-corrected chi connectivity index (χ0v) is 27.2. The third-order valence-corrected chi connectivity index (χ3v) is 8.90. The average Bonchev–Trinajstić information content (AvgIpc) is 3.00. The number of thioether (sulfide) groups is 1. The largest absolute Gasteiger partial charge is 0.494 e. The Kier molecular flexibility index (Phi) is 21.1. The molecule has 0 amide bonds. The van der Waals surface area contributed by atoms with Gasteiger partial charge in [-0.15, -0.1) is 11.8 Å². The SMILES string of the molecule is CCCCCCCCCCCCCCCCCCCCOc1ccc(C=CC(=O)c2ccc(SCCC)cc2)cc1. The zero-order chi connectivity index (χ0) is 29.2. The fourth-order valence-electron chi connectivity index (χ4n) is 5.07. The van der Waals surface area contributed by atoms with Gasteiger partial charge in [-0.25, -0.2) is 0 Å². The lowest BCUT2D eigenvalue weighted by molar-refractivity contribution is 0.104. The molecule has 0 aliphatic carbocycles. The fraction of sp³-hybridized carbons (Fsp3) is 0.605. The van der Waals surface area contributed by atoms with Crippen molar-refractivity contribution in [1.29, 1.82) is 0 Å². The number of hydrogen-bond donors (Lipinski definition) is 0. The van der Waals surface area contributed by atoms with Crippen LogP contribution in [0.25, 0.3) is 6.08 Å². The minimum Gasteiger partial charge on any atom is -0.494 e. The number of hydrogen-bond acceptors (Lipinski definition) is 3. The van der Waals surface area contributed by atoms with E-state index < -0.39 is 0 Å². The molecule has 0 unspecified atom stereocenters. The third kappa shape index (κ3) is 18.2. The predicted molar refractivity (Wildman–Crippen MR) is 182 cm³/mol. The summed E-state index contributed by atoms with van der Waals surface area (Å²) >= 11 is 1.83. The molecule has 0 bridgehead atoms. The molecule has 0 radical (unpaired) electrons. The van der Waals surface area contributed by atoms with Gasteiger partial charge in [0.1, 0.15) is 5.75 Å². The number of benzene rings is 2. The molecule has 3 heteroatoms. The van der Waals surface area contributed by atoms with Gasteiger partial charge >= 0.3 is 0 Å². The molecule has 0 aliphatic rings. The van der Waals surface area contributed by atoms with Crippen LogP contribution in [-0.4, -0.2) is 18.1 Å². The van der Waals surface area contributed by atoms with Crippen LogP contribution in [0.3, 0.4) is 0 Å². The number of ether oxygens (including phenoxy) is 1. The van der Waals surface area contributed by atoms with E-state index in [4.69, 9.17) is 4.74 Å². The van der Waals surface area contributed by atoms with Crippen molar-refractivity contribution in [2.45, 2.75) is 141 Å². The van der Waals surface area contributed by atoms with Gasteiger partial charge in [0.15, 0.2) is 5.78 Å². The van der Waals surface area contributed by atoms with E-state index in [-0.39, 0.29) is 5.78 Å². The summed E-state index contributed by atoms with van der Waals surface area (Å²) in [4.78, 5) is 13.7. The first-order valence-corrected chi connectivity index (χ1v) is 17.9. The standard InChI is InChI=1S/C38H58O2S/c1-3-5-6-7-8-9-10-11-12-13-14-15-16-17-18-19-20-21-32-40-36-27-22-34(23-28-36)24-31-38(39)35-25-29-37(30-26-35)41-33-4-2/h22-31H,3-21,32-33H2,1-2H3. The lowest BCUT2D eigenvalue weighted by atomic mass is 10.0. The summed E-state index contributed by atoms with van der Waals surface area (Å²) in [5, 5.41) is 0.